The number of aryl methyl sites for hydroxylation is 1. The number of hydrazine groups is 1. The third-order valence-electron chi connectivity index (χ3n) is 3.32. The summed E-state index contributed by atoms with van der Waals surface area (Å²) in [7, 11) is 0. The highest BCUT2D eigenvalue weighted by molar-refractivity contribution is 5.62. The molecular weight excluding hydrogens is 243 g/mol. The fraction of sp³-hybridized carbons (Fsp3) is 0.286. The fourth-order valence-corrected chi connectivity index (χ4v) is 2.13. The predicted octanol–water partition coefficient (Wildman–Crippen LogP) is 2.75. The summed E-state index contributed by atoms with van der Waals surface area (Å²) in [5, 5.41) is 0. The van der Waals surface area contributed by atoms with E-state index in [9.17, 15) is 4.39 Å². The van der Waals surface area contributed by atoms with Crippen LogP contribution in [0.15, 0.2) is 24.3 Å². The van der Waals surface area contributed by atoms with Crippen molar-refractivity contribution in [2.75, 3.05) is 5.43 Å². The van der Waals surface area contributed by atoms with Crippen LogP contribution in [0.3, 0.4) is 0 Å². The van der Waals surface area contributed by atoms with Crippen molar-refractivity contribution < 1.29 is 4.39 Å². The van der Waals surface area contributed by atoms with Crippen LogP contribution in [-0.2, 0) is 0 Å². The molecule has 1 aliphatic rings. The number of rotatable bonds is 3. The molecule has 0 amide bonds. The molecule has 1 fully saturated rings. The number of halogens is 1. The van der Waals surface area contributed by atoms with E-state index >= 15 is 0 Å². The van der Waals surface area contributed by atoms with E-state index in [1.165, 1.54) is 12.1 Å². The molecule has 1 aromatic carbocycles. The van der Waals surface area contributed by atoms with Crippen molar-refractivity contribution in [1.29, 1.82) is 0 Å². The van der Waals surface area contributed by atoms with Gasteiger partial charge in [0.15, 0.2) is 5.82 Å². The van der Waals surface area contributed by atoms with E-state index in [2.05, 4.69) is 15.4 Å². The van der Waals surface area contributed by atoms with Crippen LogP contribution < -0.4 is 11.3 Å². The summed E-state index contributed by atoms with van der Waals surface area (Å²) in [6.07, 6.45) is 2.31. The van der Waals surface area contributed by atoms with Gasteiger partial charge < -0.3 is 5.43 Å². The zero-order valence-corrected chi connectivity index (χ0v) is 10.7. The van der Waals surface area contributed by atoms with Crippen molar-refractivity contribution in [2.24, 2.45) is 5.84 Å². The summed E-state index contributed by atoms with van der Waals surface area (Å²) < 4.78 is 13.2. The van der Waals surface area contributed by atoms with Gasteiger partial charge in [-0.25, -0.2) is 20.2 Å². The van der Waals surface area contributed by atoms with Crippen LogP contribution in [0, 0.1) is 12.7 Å². The molecule has 19 heavy (non-hydrogen) atoms. The van der Waals surface area contributed by atoms with E-state index in [0.29, 0.717) is 17.6 Å². The average molecular weight is 258 g/mol. The first-order valence-electron chi connectivity index (χ1n) is 6.29. The molecule has 1 aromatic heterocycles. The van der Waals surface area contributed by atoms with Gasteiger partial charge in [0, 0.05) is 23.2 Å². The maximum Gasteiger partial charge on any atom is 0.162 e. The highest BCUT2D eigenvalue weighted by Gasteiger charge is 2.26. The van der Waals surface area contributed by atoms with Crippen LogP contribution in [0.4, 0.5) is 10.2 Å². The Morgan fingerprint density at radius 3 is 2.68 bits per heavy atom. The quantitative estimate of drug-likeness (QED) is 0.656. The van der Waals surface area contributed by atoms with E-state index in [0.717, 1.165) is 29.7 Å². The van der Waals surface area contributed by atoms with Crippen LogP contribution in [-0.4, -0.2) is 9.97 Å². The molecule has 1 aliphatic carbocycles. The number of benzene rings is 1. The fourth-order valence-electron chi connectivity index (χ4n) is 2.13. The van der Waals surface area contributed by atoms with Crippen LogP contribution >= 0.6 is 0 Å². The van der Waals surface area contributed by atoms with Crippen molar-refractivity contribution in [2.45, 2.75) is 25.7 Å². The Morgan fingerprint density at radius 2 is 2.05 bits per heavy atom. The third-order valence-corrected chi connectivity index (χ3v) is 3.32. The summed E-state index contributed by atoms with van der Waals surface area (Å²) in [5.74, 6) is 6.89. The number of nitrogens with zero attached hydrogens (tertiary/aromatic N) is 2. The number of hydrogen-bond acceptors (Lipinski definition) is 4. The van der Waals surface area contributed by atoms with Gasteiger partial charge in [0.1, 0.15) is 11.6 Å². The van der Waals surface area contributed by atoms with Gasteiger partial charge >= 0.3 is 0 Å². The van der Waals surface area contributed by atoms with Gasteiger partial charge in [0.2, 0.25) is 0 Å². The van der Waals surface area contributed by atoms with Crippen LogP contribution in [0.25, 0.3) is 11.4 Å². The molecular formula is C14H15FN4. The number of hydrogen-bond donors (Lipinski definition) is 2. The minimum Gasteiger partial charge on any atom is -0.308 e. The van der Waals surface area contributed by atoms with Gasteiger partial charge in [-0.3, -0.25) is 0 Å². The van der Waals surface area contributed by atoms with Crippen molar-refractivity contribution in [3.05, 3.63) is 41.3 Å². The minimum atomic E-state index is -0.253. The Morgan fingerprint density at radius 1 is 1.26 bits per heavy atom. The number of aromatic nitrogens is 2. The lowest BCUT2D eigenvalue weighted by Gasteiger charge is -2.09. The summed E-state index contributed by atoms with van der Waals surface area (Å²) in [6.45, 7) is 1.85. The highest BCUT2D eigenvalue weighted by Crippen LogP contribution is 2.40. The Hall–Kier alpha value is -2.01. The molecule has 5 heteroatoms. The van der Waals surface area contributed by atoms with E-state index in [-0.39, 0.29) is 5.82 Å². The molecule has 4 nitrogen and oxygen atoms in total. The second-order valence-corrected chi connectivity index (χ2v) is 4.88. The van der Waals surface area contributed by atoms with Crippen LogP contribution in [0.5, 0.6) is 0 Å². The predicted molar refractivity (Wildman–Crippen MR) is 71.9 cm³/mol. The Kier molecular flexibility index (Phi) is 2.91. The van der Waals surface area contributed by atoms with Gasteiger partial charge in [-0.2, -0.15) is 0 Å². The van der Waals surface area contributed by atoms with Crippen LogP contribution in [0.2, 0.25) is 0 Å². The molecule has 0 atom stereocenters. The normalized spacial score (nSPS) is 14.5. The number of nitrogen functional groups attached to an aromatic ring is 1. The van der Waals surface area contributed by atoms with Gasteiger partial charge in [-0.1, -0.05) is 0 Å². The average Bonchev–Trinajstić information content (AvgIpc) is 3.22. The molecule has 1 heterocycles. The van der Waals surface area contributed by atoms with Crippen LogP contribution in [0.1, 0.15) is 30.0 Å². The lowest BCUT2D eigenvalue weighted by atomic mass is 10.1. The lowest BCUT2D eigenvalue weighted by Crippen LogP contribution is -2.10. The van der Waals surface area contributed by atoms with Gasteiger partial charge in [0.25, 0.3) is 0 Å². The van der Waals surface area contributed by atoms with E-state index in [1.807, 2.05) is 13.0 Å². The number of nitrogens with two attached hydrogens (primary N) is 1. The topological polar surface area (TPSA) is 63.8 Å². The van der Waals surface area contributed by atoms with Gasteiger partial charge in [-0.15, -0.1) is 0 Å². The molecule has 0 radical (unpaired) electrons. The van der Waals surface area contributed by atoms with Crippen molar-refractivity contribution in [3.8, 4) is 11.4 Å². The zero-order valence-electron chi connectivity index (χ0n) is 10.7. The Bertz CT molecular complexity index is 623. The first-order chi connectivity index (χ1) is 9.17. The minimum absolute atomic E-state index is 0.253. The third kappa shape index (κ3) is 2.42. The molecule has 2 aromatic rings. The van der Waals surface area contributed by atoms with Gasteiger partial charge in [0.05, 0.1) is 0 Å². The van der Waals surface area contributed by atoms with Crippen molar-refractivity contribution >= 4 is 5.82 Å². The SMILES string of the molecule is Cc1cc(F)ccc1-c1nc(NN)cc(C2CC2)n1. The first kappa shape index (κ1) is 12.0. The number of nitrogens with one attached hydrogen (secondary N) is 1. The Balaban J connectivity index is 2.10. The van der Waals surface area contributed by atoms with E-state index in [1.54, 1.807) is 6.07 Å². The lowest BCUT2D eigenvalue weighted by molar-refractivity contribution is 0.627. The standard InChI is InChI=1S/C14H15FN4/c1-8-6-10(15)4-5-11(8)14-17-12(9-2-3-9)7-13(18-14)19-16/h4-7,9H,2-3,16H2,1H3,(H,17,18,19). The second kappa shape index (κ2) is 4.59. The molecule has 98 valence electrons. The maximum atomic E-state index is 13.2. The second-order valence-electron chi connectivity index (χ2n) is 4.88. The molecule has 3 rings (SSSR count). The van der Waals surface area contributed by atoms with E-state index in [4.69, 9.17) is 5.84 Å². The zero-order chi connectivity index (χ0) is 13.4. The Labute approximate surface area is 110 Å². The molecule has 0 aliphatic heterocycles. The summed E-state index contributed by atoms with van der Waals surface area (Å²) in [4.78, 5) is 8.93. The molecule has 1 saturated carbocycles. The molecule has 0 unspecified atom stereocenters. The molecule has 3 N–H and O–H groups in total. The monoisotopic (exact) mass is 258 g/mol. The number of anilines is 1. The van der Waals surface area contributed by atoms with Gasteiger partial charge in [-0.05, 0) is 43.5 Å². The van der Waals surface area contributed by atoms with Crippen molar-refractivity contribution in [3.63, 3.8) is 0 Å². The summed E-state index contributed by atoms with van der Waals surface area (Å²) in [6, 6.07) is 6.49. The highest BCUT2D eigenvalue weighted by atomic mass is 19.1. The molecule has 0 saturated heterocycles. The maximum absolute atomic E-state index is 13.2. The molecule has 0 spiro atoms. The first-order valence-corrected chi connectivity index (χ1v) is 6.29. The smallest absolute Gasteiger partial charge is 0.162 e. The summed E-state index contributed by atoms with van der Waals surface area (Å²) >= 11 is 0. The summed E-state index contributed by atoms with van der Waals surface area (Å²) in [5.41, 5.74) is 5.22. The van der Waals surface area contributed by atoms with E-state index < -0.39 is 0 Å². The molecule has 0 bridgehead atoms. The van der Waals surface area contributed by atoms with Crippen molar-refractivity contribution in [1.82, 2.24) is 9.97 Å². The largest absolute Gasteiger partial charge is 0.308 e.